The van der Waals surface area contributed by atoms with E-state index in [0.717, 1.165) is 36.4 Å². The summed E-state index contributed by atoms with van der Waals surface area (Å²) in [5.74, 6) is 1.25. The molecule has 1 N–H and O–H groups in total. The minimum Gasteiger partial charge on any atom is -0.316 e. The molecule has 1 unspecified atom stereocenters. The fourth-order valence-electron chi connectivity index (χ4n) is 1.96. The van der Waals surface area contributed by atoms with Gasteiger partial charge in [0.15, 0.2) is 0 Å². The maximum Gasteiger partial charge on any atom is 0.0635 e. The summed E-state index contributed by atoms with van der Waals surface area (Å²) >= 11 is 3.59. The molecule has 1 aromatic rings. The maximum atomic E-state index is 4.36. The molecule has 1 heterocycles. The molecule has 0 aromatic carbocycles. The van der Waals surface area contributed by atoms with Crippen LogP contribution in [0.1, 0.15) is 45.7 Å². The van der Waals surface area contributed by atoms with E-state index in [1.165, 1.54) is 5.69 Å². The molecule has 1 rings (SSSR count). The van der Waals surface area contributed by atoms with E-state index in [4.69, 9.17) is 0 Å². The van der Waals surface area contributed by atoms with Gasteiger partial charge >= 0.3 is 0 Å². The largest absolute Gasteiger partial charge is 0.316 e. The van der Waals surface area contributed by atoms with Crippen LogP contribution in [-0.2, 0) is 6.54 Å². The number of hydrogen-bond acceptors (Lipinski definition) is 2. The molecule has 3 nitrogen and oxygen atoms in total. The van der Waals surface area contributed by atoms with E-state index in [-0.39, 0.29) is 0 Å². The van der Waals surface area contributed by atoms with Crippen LogP contribution in [0.5, 0.6) is 0 Å². The van der Waals surface area contributed by atoms with Crippen LogP contribution in [0.4, 0.5) is 0 Å². The molecule has 0 saturated heterocycles. The van der Waals surface area contributed by atoms with Gasteiger partial charge in [0.25, 0.3) is 0 Å². The quantitative estimate of drug-likeness (QED) is 0.782. The summed E-state index contributed by atoms with van der Waals surface area (Å²) in [6.45, 7) is 12.0. The monoisotopic (exact) mass is 301 g/mol. The highest BCUT2D eigenvalue weighted by Gasteiger charge is 2.14. The molecule has 0 bridgehead atoms. The number of halogens is 1. The summed E-state index contributed by atoms with van der Waals surface area (Å²) in [4.78, 5) is 0. The van der Waals surface area contributed by atoms with Crippen LogP contribution < -0.4 is 5.32 Å². The summed E-state index contributed by atoms with van der Waals surface area (Å²) in [5.41, 5.74) is 1.32. The second-order valence-electron chi connectivity index (χ2n) is 4.98. The van der Waals surface area contributed by atoms with Crippen molar-refractivity contribution in [2.45, 2.75) is 46.6 Å². The summed E-state index contributed by atoms with van der Waals surface area (Å²) in [5, 5.41) is 7.85. The lowest BCUT2D eigenvalue weighted by Gasteiger charge is -2.15. The number of aryl methyl sites for hydroxylation is 1. The summed E-state index contributed by atoms with van der Waals surface area (Å²) < 4.78 is 3.22. The van der Waals surface area contributed by atoms with E-state index in [1.807, 2.05) is 6.20 Å². The van der Waals surface area contributed by atoms with E-state index in [1.54, 1.807) is 0 Å². The molecule has 0 aliphatic rings. The molecule has 98 valence electrons. The van der Waals surface area contributed by atoms with Gasteiger partial charge in [-0.25, -0.2) is 0 Å². The first-order valence-electron chi connectivity index (χ1n) is 6.48. The molecule has 0 aliphatic carbocycles. The van der Waals surface area contributed by atoms with E-state index in [2.05, 4.69) is 58.7 Å². The van der Waals surface area contributed by atoms with Gasteiger partial charge in [0.2, 0.25) is 0 Å². The maximum absolute atomic E-state index is 4.36. The number of hydrogen-bond donors (Lipinski definition) is 1. The van der Waals surface area contributed by atoms with Crippen LogP contribution in [0.25, 0.3) is 0 Å². The van der Waals surface area contributed by atoms with Gasteiger partial charge in [-0.1, -0.05) is 20.8 Å². The van der Waals surface area contributed by atoms with Crippen molar-refractivity contribution in [3.8, 4) is 0 Å². The van der Waals surface area contributed by atoms with Crippen molar-refractivity contribution in [3.63, 3.8) is 0 Å². The Hall–Kier alpha value is -0.350. The Morgan fingerprint density at radius 2 is 2.12 bits per heavy atom. The van der Waals surface area contributed by atoms with Crippen molar-refractivity contribution in [2.75, 3.05) is 13.1 Å². The zero-order valence-corrected chi connectivity index (χ0v) is 12.9. The Kier molecular flexibility index (Phi) is 6.20. The second kappa shape index (κ2) is 7.17. The van der Waals surface area contributed by atoms with Gasteiger partial charge in [-0.15, -0.1) is 0 Å². The summed E-state index contributed by atoms with van der Waals surface area (Å²) in [7, 11) is 0. The Morgan fingerprint density at radius 3 is 2.71 bits per heavy atom. The standard InChI is InChI=1S/C13H24BrN3/c1-5-17-13(12(14)9-16-17)11(4)6-7-15-8-10(2)3/h9-11,15H,5-8H2,1-4H3. The molecule has 0 amide bonds. The lowest BCUT2D eigenvalue weighted by Crippen LogP contribution is -2.22. The van der Waals surface area contributed by atoms with E-state index in [9.17, 15) is 0 Å². The Balaban J connectivity index is 2.46. The number of rotatable bonds is 7. The normalized spacial score (nSPS) is 13.3. The minimum atomic E-state index is 0.534. The number of aromatic nitrogens is 2. The van der Waals surface area contributed by atoms with Crippen molar-refractivity contribution in [1.29, 1.82) is 0 Å². The highest BCUT2D eigenvalue weighted by atomic mass is 79.9. The van der Waals surface area contributed by atoms with E-state index >= 15 is 0 Å². The highest BCUT2D eigenvalue weighted by molar-refractivity contribution is 9.10. The third kappa shape index (κ3) is 4.43. The van der Waals surface area contributed by atoms with Crippen molar-refractivity contribution in [3.05, 3.63) is 16.4 Å². The van der Waals surface area contributed by atoms with Gasteiger partial charge in [-0.2, -0.15) is 5.10 Å². The second-order valence-corrected chi connectivity index (χ2v) is 5.84. The number of nitrogens with zero attached hydrogens (tertiary/aromatic N) is 2. The van der Waals surface area contributed by atoms with Crippen molar-refractivity contribution in [1.82, 2.24) is 15.1 Å². The summed E-state index contributed by atoms with van der Waals surface area (Å²) in [6, 6.07) is 0. The molecular weight excluding hydrogens is 278 g/mol. The van der Waals surface area contributed by atoms with Crippen molar-refractivity contribution in [2.24, 2.45) is 5.92 Å². The molecule has 1 aromatic heterocycles. The molecule has 0 aliphatic heterocycles. The molecular formula is C13H24BrN3. The smallest absolute Gasteiger partial charge is 0.0635 e. The van der Waals surface area contributed by atoms with Gasteiger partial charge in [0, 0.05) is 12.5 Å². The molecule has 0 fully saturated rings. The molecule has 0 spiro atoms. The number of nitrogens with one attached hydrogen (secondary N) is 1. The van der Waals surface area contributed by atoms with Crippen LogP contribution >= 0.6 is 15.9 Å². The molecule has 0 radical (unpaired) electrons. The van der Waals surface area contributed by atoms with Gasteiger partial charge in [0.1, 0.15) is 0 Å². The molecule has 0 saturated carbocycles. The predicted octanol–water partition coefficient (Wildman–Crippen LogP) is 3.40. The molecule has 17 heavy (non-hydrogen) atoms. The molecule has 4 heteroatoms. The van der Waals surface area contributed by atoms with Crippen LogP contribution in [0, 0.1) is 5.92 Å². The van der Waals surface area contributed by atoms with Gasteiger partial charge in [0.05, 0.1) is 16.4 Å². The average molecular weight is 302 g/mol. The Bertz CT molecular complexity index is 333. The van der Waals surface area contributed by atoms with E-state index < -0.39 is 0 Å². The zero-order valence-electron chi connectivity index (χ0n) is 11.3. The highest BCUT2D eigenvalue weighted by Crippen LogP contribution is 2.26. The summed E-state index contributed by atoms with van der Waals surface area (Å²) in [6.07, 6.45) is 3.05. The van der Waals surface area contributed by atoms with Crippen molar-refractivity contribution < 1.29 is 0 Å². The zero-order chi connectivity index (χ0) is 12.8. The minimum absolute atomic E-state index is 0.534. The lowest BCUT2D eigenvalue weighted by molar-refractivity contribution is 0.505. The fourth-order valence-corrected chi connectivity index (χ4v) is 2.65. The van der Waals surface area contributed by atoms with Gasteiger partial charge in [-0.3, -0.25) is 4.68 Å². The molecule has 1 atom stereocenters. The van der Waals surface area contributed by atoms with Crippen LogP contribution in [0.15, 0.2) is 10.7 Å². The first-order valence-corrected chi connectivity index (χ1v) is 7.27. The Labute approximate surface area is 113 Å². The predicted molar refractivity (Wildman–Crippen MR) is 76.3 cm³/mol. The lowest BCUT2D eigenvalue weighted by atomic mass is 10.0. The van der Waals surface area contributed by atoms with Gasteiger partial charge < -0.3 is 5.32 Å². The average Bonchev–Trinajstić information content (AvgIpc) is 2.65. The van der Waals surface area contributed by atoms with Crippen LogP contribution in [-0.4, -0.2) is 22.9 Å². The SMILES string of the molecule is CCn1ncc(Br)c1C(C)CCNCC(C)C. The van der Waals surface area contributed by atoms with Crippen LogP contribution in [0.2, 0.25) is 0 Å². The fraction of sp³-hybridized carbons (Fsp3) is 0.769. The Morgan fingerprint density at radius 1 is 1.41 bits per heavy atom. The van der Waals surface area contributed by atoms with Crippen LogP contribution in [0.3, 0.4) is 0 Å². The first-order chi connectivity index (χ1) is 8.06. The third-order valence-electron chi connectivity index (χ3n) is 2.91. The van der Waals surface area contributed by atoms with Gasteiger partial charge in [-0.05, 0) is 48.3 Å². The van der Waals surface area contributed by atoms with E-state index in [0.29, 0.717) is 5.92 Å². The third-order valence-corrected chi connectivity index (χ3v) is 3.52. The first kappa shape index (κ1) is 14.7. The topological polar surface area (TPSA) is 29.9 Å². The van der Waals surface area contributed by atoms with Crippen molar-refractivity contribution >= 4 is 15.9 Å².